The van der Waals surface area contributed by atoms with Gasteiger partial charge in [0, 0.05) is 25.2 Å². The Balaban J connectivity index is 0.976. The second kappa shape index (κ2) is 19.6. The van der Waals surface area contributed by atoms with E-state index in [0.717, 1.165) is 94.6 Å². The number of likely N-dealkylation sites (tertiary alicyclic amines) is 2. The Morgan fingerprint density at radius 1 is 0.652 bits per heavy atom. The Labute approximate surface area is 388 Å². The van der Waals surface area contributed by atoms with Gasteiger partial charge in [0.1, 0.15) is 17.7 Å². The highest BCUT2D eigenvalue weighted by molar-refractivity contribution is 5.86. The summed E-state index contributed by atoms with van der Waals surface area (Å²) >= 11 is 0. The minimum atomic E-state index is -0.688. The predicted octanol–water partition coefficient (Wildman–Crippen LogP) is 11.4. The number of carbonyl (C=O) groups excluding carboxylic acids is 3. The summed E-state index contributed by atoms with van der Waals surface area (Å²) in [6.45, 7) is 9.41. The second-order valence-electron chi connectivity index (χ2n) is 19.3. The average molecular weight is 889 g/mol. The van der Waals surface area contributed by atoms with Gasteiger partial charge in [-0.15, -0.1) is 0 Å². The molecular formula is C54H64N8O4. The van der Waals surface area contributed by atoms with Crippen LogP contribution < -0.4 is 5.32 Å². The van der Waals surface area contributed by atoms with E-state index in [2.05, 4.69) is 119 Å². The number of H-pyrrole nitrogens is 2. The smallest absolute Gasteiger partial charge is 0.407 e. The molecular weight excluding hydrogens is 825 g/mol. The van der Waals surface area contributed by atoms with Crippen molar-refractivity contribution in [2.24, 2.45) is 11.8 Å². The number of rotatable bonds is 13. The van der Waals surface area contributed by atoms with Gasteiger partial charge < -0.3 is 34.4 Å². The van der Waals surface area contributed by atoms with Gasteiger partial charge >= 0.3 is 6.09 Å². The zero-order valence-corrected chi connectivity index (χ0v) is 39.1. The fraction of sp³-hybridized carbons (Fsp3) is 0.426. The minimum absolute atomic E-state index is 0.0106. The number of hydrogen-bond donors (Lipinski definition) is 3. The predicted molar refractivity (Wildman–Crippen MR) is 259 cm³/mol. The zero-order valence-electron chi connectivity index (χ0n) is 39.1. The standard InChI is InChI=1S/C54H64N8O4/c1-34(2)31-49(63)60-29-9-13-47(60)51-55-32-43(57-51)38-15-19-40(20-16-38)45-27-28-46(62(45)42-25-23-37(24-26-42)36-11-7-6-8-12-36)41-21-17-39(18-22-41)44-33-56-52(58-44)48-14-10-30-61(48)53(64)50(35(3)4)59-54(65)66-5/h15-28,32-36,47-48,50H,6-14,29-31H2,1-5H3,(H,55,57)(H,56,58)(H,59,65)/t47-,48-,50-/m0/s1. The Morgan fingerprint density at radius 3 is 1.68 bits per heavy atom. The Hall–Kier alpha value is -6.43. The van der Waals surface area contributed by atoms with E-state index in [4.69, 9.17) is 14.7 Å². The summed E-state index contributed by atoms with van der Waals surface area (Å²) < 4.78 is 7.18. The molecule has 66 heavy (non-hydrogen) atoms. The summed E-state index contributed by atoms with van der Waals surface area (Å²) in [6, 6.07) is 30.0. The van der Waals surface area contributed by atoms with Crippen LogP contribution in [0, 0.1) is 11.8 Å². The molecule has 2 saturated heterocycles. The molecule has 5 heterocycles. The van der Waals surface area contributed by atoms with Crippen LogP contribution in [0.1, 0.15) is 127 Å². The number of imidazole rings is 2. The van der Waals surface area contributed by atoms with Gasteiger partial charge in [-0.05, 0) is 108 Å². The summed E-state index contributed by atoms with van der Waals surface area (Å²) in [6.07, 6.45) is 13.7. The number of alkyl carbamates (subject to hydrolysis) is 1. The maximum absolute atomic E-state index is 13.7. The van der Waals surface area contributed by atoms with Crippen LogP contribution in [-0.4, -0.2) is 78.5 Å². The van der Waals surface area contributed by atoms with E-state index in [-0.39, 0.29) is 29.8 Å². The lowest BCUT2D eigenvalue weighted by Crippen LogP contribution is -2.51. The molecule has 0 radical (unpaired) electrons. The van der Waals surface area contributed by atoms with E-state index in [0.29, 0.717) is 24.8 Å². The number of amides is 3. The van der Waals surface area contributed by atoms with Gasteiger partial charge in [-0.25, -0.2) is 14.8 Å². The Bertz CT molecular complexity index is 2620. The number of hydrogen-bond acceptors (Lipinski definition) is 6. The highest BCUT2D eigenvalue weighted by Gasteiger charge is 2.38. The van der Waals surface area contributed by atoms with E-state index < -0.39 is 12.1 Å². The molecule has 6 aromatic rings. The molecule has 2 aliphatic heterocycles. The molecule has 3 fully saturated rings. The van der Waals surface area contributed by atoms with Crippen molar-refractivity contribution in [1.82, 2.24) is 39.6 Å². The minimum Gasteiger partial charge on any atom is -0.453 e. The third kappa shape index (κ3) is 9.32. The van der Waals surface area contributed by atoms with Crippen molar-refractivity contribution < 1.29 is 19.1 Å². The van der Waals surface area contributed by atoms with Gasteiger partial charge in [-0.2, -0.15) is 0 Å². The van der Waals surface area contributed by atoms with Crippen LogP contribution in [0.15, 0.2) is 97.3 Å². The number of benzene rings is 3. The summed E-state index contributed by atoms with van der Waals surface area (Å²) in [5.74, 6) is 2.52. The molecule has 0 unspecified atom stereocenters. The summed E-state index contributed by atoms with van der Waals surface area (Å²) in [5, 5.41) is 2.73. The molecule has 3 aromatic heterocycles. The van der Waals surface area contributed by atoms with Crippen molar-refractivity contribution in [3.8, 4) is 50.7 Å². The molecule has 3 atom stereocenters. The first-order valence-corrected chi connectivity index (χ1v) is 24.1. The van der Waals surface area contributed by atoms with Crippen molar-refractivity contribution >= 4 is 17.9 Å². The summed E-state index contributed by atoms with van der Waals surface area (Å²) in [4.78, 5) is 59.4. The molecule has 3 aromatic carbocycles. The van der Waals surface area contributed by atoms with E-state index in [1.165, 1.54) is 44.8 Å². The van der Waals surface area contributed by atoms with Gasteiger partial charge in [0.15, 0.2) is 0 Å². The molecule has 1 saturated carbocycles. The third-order valence-corrected chi connectivity index (χ3v) is 14.0. The van der Waals surface area contributed by atoms with Crippen molar-refractivity contribution in [3.63, 3.8) is 0 Å². The Kier molecular flexibility index (Phi) is 13.3. The number of nitrogens with one attached hydrogen (secondary N) is 3. The number of ether oxygens (including phenoxy) is 1. The molecule has 0 bridgehead atoms. The monoisotopic (exact) mass is 889 g/mol. The number of aromatic nitrogens is 5. The lowest BCUT2D eigenvalue weighted by atomic mass is 9.84. The van der Waals surface area contributed by atoms with Crippen LogP contribution in [0.3, 0.4) is 0 Å². The van der Waals surface area contributed by atoms with E-state index in [9.17, 15) is 14.4 Å². The highest BCUT2D eigenvalue weighted by Crippen LogP contribution is 2.39. The molecule has 1 aliphatic carbocycles. The van der Waals surface area contributed by atoms with E-state index >= 15 is 0 Å². The van der Waals surface area contributed by atoms with E-state index in [1.807, 2.05) is 36.0 Å². The third-order valence-electron chi connectivity index (χ3n) is 14.0. The first-order valence-electron chi connectivity index (χ1n) is 24.1. The fourth-order valence-corrected chi connectivity index (χ4v) is 10.5. The maximum Gasteiger partial charge on any atom is 0.407 e. The van der Waals surface area contributed by atoms with Crippen LogP contribution in [-0.2, 0) is 14.3 Å². The van der Waals surface area contributed by atoms with Crippen molar-refractivity contribution in [2.45, 2.75) is 116 Å². The van der Waals surface area contributed by atoms with Crippen molar-refractivity contribution in [3.05, 3.63) is 115 Å². The highest BCUT2D eigenvalue weighted by atomic mass is 16.5. The molecule has 344 valence electrons. The van der Waals surface area contributed by atoms with Crippen LogP contribution in [0.25, 0.3) is 50.7 Å². The second-order valence-corrected chi connectivity index (χ2v) is 19.3. The quantitative estimate of drug-likeness (QED) is 0.105. The van der Waals surface area contributed by atoms with Gasteiger partial charge in [-0.3, -0.25) is 9.59 Å². The zero-order chi connectivity index (χ0) is 45.9. The maximum atomic E-state index is 13.7. The van der Waals surface area contributed by atoms with Gasteiger partial charge in [0.2, 0.25) is 11.8 Å². The molecule has 3 N–H and O–H groups in total. The van der Waals surface area contributed by atoms with Gasteiger partial charge in [-0.1, -0.05) is 108 Å². The number of carbonyl (C=O) groups is 3. The topological polar surface area (TPSA) is 141 Å². The fourth-order valence-electron chi connectivity index (χ4n) is 10.5. The number of aromatic amines is 2. The first-order chi connectivity index (χ1) is 32.1. The largest absolute Gasteiger partial charge is 0.453 e. The number of methoxy groups -OCH3 is 1. The molecule has 3 aliphatic rings. The lowest BCUT2D eigenvalue weighted by molar-refractivity contribution is -0.135. The van der Waals surface area contributed by atoms with Crippen LogP contribution >= 0.6 is 0 Å². The lowest BCUT2D eigenvalue weighted by Gasteiger charge is -2.30. The molecule has 0 spiro atoms. The number of nitrogens with zero attached hydrogens (tertiary/aromatic N) is 5. The van der Waals surface area contributed by atoms with Crippen LogP contribution in [0.2, 0.25) is 0 Å². The van der Waals surface area contributed by atoms with Crippen LogP contribution in [0.4, 0.5) is 4.79 Å². The normalized spacial score (nSPS) is 18.3. The van der Waals surface area contributed by atoms with Gasteiger partial charge in [0.25, 0.3) is 0 Å². The van der Waals surface area contributed by atoms with Gasteiger partial charge in [0.05, 0.1) is 54.4 Å². The summed E-state index contributed by atoms with van der Waals surface area (Å²) in [5.41, 5.74) is 10.8. The SMILES string of the molecule is COC(=O)N[C@H](C(=O)N1CCC[C@H]1c1ncc(-c2ccc(-c3ccc(-c4ccc(-c5cnc([C@@H]6CCCN6C(=O)CC(C)C)[nH]5)cc4)n3-c3ccc(C4CCCCC4)cc3)cc2)[nH]1)C(C)C. The first kappa shape index (κ1) is 44.8. The molecule has 3 amide bonds. The van der Waals surface area contributed by atoms with Crippen molar-refractivity contribution in [2.75, 3.05) is 20.2 Å². The molecule has 12 nitrogen and oxygen atoms in total. The molecule has 9 rings (SSSR count). The van der Waals surface area contributed by atoms with Crippen molar-refractivity contribution in [1.29, 1.82) is 0 Å². The average Bonchev–Trinajstić information content (AvgIpc) is 4.20. The molecule has 12 heteroatoms. The Morgan fingerprint density at radius 2 is 1.17 bits per heavy atom. The summed E-state index contributed by atoms with van der Waals surface area (Å²) in [7, 11) is 1.31. The van der Waals surface area contributed by atoms with Crippen LogP contribution in [0.5, 0.6) is 0 Å². The van der Waals surface area contributed by atoms with E-state index in [1.54, 1.807) is 0 Å².